The molecule has 1 fully saturated rings. The van der Waals surface area contributed by atoms with E-state index in [0.717, 1.165) is 28.2 Å². The first-order valence-electron chi connectivity index (χ1n) is 9.60. The van der Waals surface area contributed by atoms with Gasteiger partial charge in [-0.05, 0) is 74.5 Å². The molecule has 0 saturated carbocycles. The number of nitrogens with zero attached hydrogens (tertiary/aromatic N) is 2. The van der Waals surface area contributed by atoms with Gasteiger partial charge in [0.15, 0.2) is 5.11 Å². The summed E-state index contributed by atoms with van der Waals surface area (Å²) in [5, 5.41) is 2.74. The van der Waals surface area contributed by atoms with Crippen molar-refractivity contribution in [3.05, 3.63) is 88.8 Å². The summed E-state index contributed by atoms with van der Waals surface area (Å²) >= 11 is 5.30. The summed E-state index contributed by atoms with van der Waals surface area (Å²) in [6, 6.07) is 19.4. The maximum Gasteiger partial charge on any atom is 0.270 e. The monoisotopic (exact) mass is 415 g/mol. The molecule has 1 aromatic heterocycles. The molecule has 1 saturated heterocycles. The van der Waals surface area contributed by atoms with Gasteiger partial charge in [0.05, 0.1) is 5.69 Å². The Kier molecular flexibility index (Phi) is 5.10. The van der Waals surface area contributed by atoms with Crippen molar-refractivity contribution in [2.45, 2.75) is 20.8 Å². The number of anilines is 1. The highest BCUT2D eigenvalue weighted by Gasteiger charge is 2.35. The maximum absolute atomic E-state index is 13.3. The number of carbonyl (C=O) groups excluding carboxylic acids is 2. The highest BCUT2D eigenvalue weighted by atomic mass is 32.1. The normalized spacial score (nSPS) is 15.6. The van der Waals surface area contributed by atoms with E-state index in [-0.39, 0.29) is 10.7 Å². The average Bonchev–Trinajstić information content (AvgIpc) is 3.00. The minimum atomic E-state index is -0.487. The van der Waals surface area contributed by atoms with Crippen molar-refractivity contribution in [2.24, 2.45) is 0 Å². The largest absolute Gasteiger partial charge is 0.318 e. The second-order valence-corrected chi connectivity index (χ2v) is 7.63. The van der Waals surface area contributed by atoms with E-state index >= 15 is 0 Å². The molecular weight excluding hydrogens is 394 g/mol. The zero-order valence-electron chi connectivity index (χ0n) is 17.0. The highest BCUT2D eigenvalue weighted by molar-refractivity contribution is 7.80. The fraction of sp³-hybridized carbons (Fsp3) is 0.125. The summed E-state index contributed by atoms with van der Waals surface area (Å²) in [4.78, 5) is 27.3. The number of aromatic nitrogens is 1. The van der Waals surface area contributed by atoms with Crippen LogP contribution in [0.5, 0.6) is 0 Å². The predicted octanol–water partition coefficient (Wildman–Crippen LogP) is 4.23. The molecule has 0 radical (unpaired) electrons. The Labute approximate surface area is 180 Å². The lowest BCUT2D eigenvalue weighted by Gasteiger charge is -2.30. The molecule has 0 bridgehead atoms. The highest BCUT2D eigenvalue weighted by Crippen LogP contribution is 2.27. The quantitative estimate of drug-likeness (QED) is 0.396. The van der Waals surface area contributed by atoms with Crippen molar-refractivity contribution < 1.29 is 9.59 Å². The number of nitrogens with one attached hydrogen (secondary N) is 1. The number of aryl methyl sites for hydroxylation is 2. The van der Waals surface area contributed by atoms with Crippen molar-refractivity contribution in [3.63, 3.8) is 0 Å². The van der Waals surface area contributed by atoms with Crippen LogP contribution in [0, 0.1) is 20.8 Å². The Bertz CT molecular complexity index is 1210. The Hall–Kier alpha value is -3.51. The maximum atomic E-state index is 13.3. The molecule has 0 atom stereocenters. The summed E-state index contributed by atoms with van der Waals surface area (Å²) in [5.74, 6) is -0.915. The molecule has 0 spiro atoms. The Balaban J connectivity index is 1.78. The standard InChI is InChI=1S/C24H21N3O2S/c1-15-9-7-8-12-21(15)27-23(29)20(22(28)25-24(27)30)14-18-13-16(2)26(17(18)3)19-10-5-4-6-11-19/h4-14H,1-3H3,(H,25,28,30). The third-order valence-electron chi connectivity index (χ3n) is 5.24. The first-order valence-corrected chi connectivity index (χ1v) is 10.0. The van der Waals surface area contributed by atoms with Crippen LogP contribution >= 0.6 is 12.2 Å². The molecular formula is C24H21N3O2S. The summed E-state index contributed by atoms with van der Waals surface area (Å²) in [5.41, 5.74) is 5.41. The topological polar surface area (TPSA) is 54.3 Å². The molecule has 5 nitrogen and oxygen atoms in total. The molecule has 2 heterocycles. The zero-order valence-corrected chi connectivity index (χ0v) is 17.8. The minimum Gasteiger partial charge on any atom is -0.318 e. The van der Waals surface area contributed by atoms with Crippen LogP contribution in [0.2, 0.25) is 0 Å². The number of hydrogen-bond acceptors (Lipinski definition) is 3. The van der Waals surface area contributed by atoms with E-state index in [1.807, 2.05) is 81.4 Å². The molecule has 1 N–H and O–H groups in total. The number of carbonyl (C=O) groups is 2. The SMILES string of the molecule is Cc1ccccc1N1C(=O)C(=Cc2cc(C)n(-c3ccccc3)c2C)C(=O)NC1=S. The summed E-state index contributed by atoms with van der Waals surface area (Å²) in [6.45, 7) is 5.87. The number of amides is 2. The van der Waals surface area contributed by atoms with Crippen LogP contribution in [0.15, 0.2) is 66.2 Å². The van der Waals surface area contributed by atoms with Gasteiger partial charge in [-0.25, -0.2) is 0 Å². The fourth-order valence-corrected chi connectivity index (χ4v) is 4.03. The Morgan fingerprint density at radius 3 is 2.30 bits per heavy atom. The lowest BCUT2D eigenvalue weighted by molar-refractivity contribution is -0.122. The number of benzene rings is 2. The lowest BCUT2D eigenvalue weighted by Crippen LogP contribution is -2.54. The molecule has 150 valence electrons. The summed E-state index contributed by atoms with van der Waals surface area (Å²) in [7, 11) is 0. The van der Waals surface area contributed by atoms with Gasteiger partial charge in [-0.1, -0.05) is 36.4 Å². The van der Waals surface area contributed by atoms with E-state index in [4.69, 9.17) is 12.2 Å². The zero-order chi connectivity index (χ0) is 21.4. The average molecular weight is 416 g/mol. The number of thiocarbonyl (C=S) groups is 1. The minimum absolute atomic E-state index is 0.0557. The molecule has 30 heavy (non-hydrogen) atoms. The fourth-order valence-electron chi connectivity index (χ4n) is 3.75. The molecule has 6 heteroatoms. The van der Waals surface area contributed by atoms with Gasteiger partial charge in [0.25, 0.3) is 11.8 Å². The van der Waals surface area contributed by atoms with E-state index in [9.17, 15) is 9.59 Å². The number of rotatable bonds is 3. The van der Waals surface area contributed by atoms with Crippen molar-refractivity contribution in [1.29, 1.82) is 0 Å². The van der Waals surface area contributed by atoms with Crippen LogP contribution < -0.4 is 10.2 Å². The third kappa shape index (κ3) is 3.35. The molecule has 4 rings (SSSR count). The van der Waals surface area contributed by atoms with Crippen molar-refractivity contribution in [3.8, 4) is 5.69 Å². The van der Waals surface area contributed by atoms with Gasteiger partial charge in [0.2, 0.25) is 0 Å². The second kappa shape index (κ2) is 7.72. The Morgan fingerprint density at radius 1 is 0.933 bits per heavy atom. The lowest BCUT2D eigenvalue weighted by atomic mass is 10.1. The van der Waals surface area contributed by atoms with Gasteiger partial charge in [0, 0.05) is 17.1 Å². The Morgan fingerprint density at radius 2 is 1.60 bits per heavy atom. The molecule has 1 aliphatic rings. The molecule has 0 aliphatic carbocycles. The van der Waals surface area contributed by atoms with E-state index in [1.165, 1.54) is 4.90 Å². The van der Waals surface area contributed by atoms with Crippen LogP contribution in [0.1, 0.15) is 22.5 Å². The van der Waals surface area contributed by atoms with Crippen LogP contribution in [-0.4, -0.2) is 21.5 Å². The van der Waals surface area contributed by atoms with Crippen molar-refractivity contribution in [1.82, 2.24) is 9.88 Å². The van der Waals surface area contributed by atoms with Crippen LogP contribution in [0.25, 0.3) is 11.8 Å². The van der Waals surface area contributed by atoms with Crippen molar-refractivity contribution >= 4 is 40.9 Å². The van der Waals surface area contributed by atoms with Crippen LogP contribution in [0.3, 0.4) is 0 Å². The first kappa shape index (κ1) is 19.8. The predicted molar refractivity (Wildman–Crippen MR) is 123 cm³/mol. The molecule has 2 amide bonds. The summed E-state index contributed by atoms with van der Waals surface area (Å²) in [6.07, 6.45) is 1.65. The van der Waals surface area contributed by atoms with Gasteiger partial charge in [-0.15, -0.1) is 0 Å². The molecule has 0 unspecified atom stereocenters. The smallest absolute Gasteiger partial charge is 0.270 e. The van der Waals surface area contributed by atoms with E-state index in [1.54, 1.807) is 6.08 Å². The van der Waals surface area contributed by atoms with Gasteiger partial charge in [-0.3, -0.25) is 19.8 Å². The summed E-state index contributed by atoms with van der Waals surface area (Å²) < 4.78 is 2.10. The van der Waals surface area contributed by atoms with Gasteiger partial charge in [0.1, 0.15) is 5.57 Å². The first-order chi connectivity index (χ1) is 14.4. The molecule has 3 aromatic rings. The second-order valence-electron chi connectivity index (χ2n) is 7.24. The van der Waals surface area contributed by atoms with Crippen molar-refractivity contribution in [2.75, 3.05) is 4.90 Å². The van der Waals surface area contributed by atoms with E-state index in [0.29, 0.717) is 5.69 Å². The van der Waals surface area contributed by atoms with Gasteiger partial charge >= 0.3 is 0 Å². The van der Waals surface area contributed by atoms with Gasteiger partial charge in [-0.2, -0.15) is 0 Å². The molecule has 2 aromatic carbocycles. The van der Waals surface area contributed by atoms with Crippen LogP contribution in [0.4, 0.5) is 5.69 Å². The van der Waals surface area contributed by atoms with Crippen LogP contribution in [-0.2, 0) is 9.59 Å². The molecule has 1 aliphatic heterocycles. The van der Waals surface area contributed by atoms with E-state index in [2.05, 4.69) is 9.88 Å². The van der Waals surface area contributed by atoms with E-state index < -0.39 is 11.8 Å². The van der Waals surface area contributed by atoms with Gasteiger partial charge < -0.3 is 4.57 Å². The third-order valence-corrected chi connectivity index (χ3v) is 5.53. The number of hydrogen-bond donors (Lipinski definition) is 1. The number of para-hydroxylation sites is 2.